The molecule has 0 bridgehead atoms. The molecule has 2 atom stereocenters. The molecule has 0 spiro atoms. The van der Waals surface area contributed by atoms with Gasteiger partial charge in [-0.05, 0) is 51.4 Å². The van der Waals surface area contributed by atoms with Gasteiger partial charge in [-0.1, -0.05) is 372 Å². The van der Waals surface area contributed by atoms with Gasteiger partial charge in [0.1, 0.15) is 0 Å². The van der Waals surface area contributed by atoms with Gasteiger partial charge >= 0.3 is 5.97 Å². The monoisotopic (exact) mass is 1130 g/mol. The number of nitrogens with one attached hydrogen (secondary N) is 1. The van der Waals surface area contributed by atoms with Crippen molar-refractivity contribution < 1.29 is 24.5 Å². The van der Waals surface area contributed by atoms with Crippen LogP contribution in [0, 0.1) is 0 Å². The number of ether oxygens (including phenoxy) is 1. The van der Waals surface area contributed by atoms with E-state index in [1.54, 1.807) is 0 Å². The standard InChI is InChI=1S/C74H143NO5/c1-3-5-7-9-11-13-15-17-18-19-20-30-33-36-39-43-46-50-54-58-62-66-72(77)71(70-76)75-73(78)67-63-59-55-51-47-44-40-37-34-31-28-26-24-22-21-23-25-27-29-32-35-38-41-45-49-53-57-61-65-69-80-74(79)68-64-60-56-52-48-42-16-14-12-10-8-6-4-2/h8,10,14,16,71-72,76-77H,3-7,9,11-13,15,17-70H2,1-2H3,(H,75,78)/b10-8-,16-14-. The molecule has 6 heteroatoms. The Morgan fingerprint density at radius 3 is 1.00 bits per heavy atom. The van der Waals surface area contributed by atoms with Gasteiger partial charge in [-0.15, -0.1) is 0 Å². The molecule has 3 N–H and O–H groups in total. The predicted molar refractivity (Wildman–Crippen MR) is 352 cm³/mol. The van der Waals surface area contributed by atoms with Crippen molar-refractivity contribution >= 4 is 11.9 Å². The van der Waals surface area contributed by atoms with Crippen LogP contribution in [-0.4, -0.2) is 47.4 Å². The fraction of sp³-hybridized carbons (Fsp3) is 0.919. The van der Waals surface area contributed by atoms with E-state index in [0.29, 0.717) is 25.9 Å². The number of aliphatic hydroxyl groups is 2. The van der Waals surface area contributed by atoms with Crippen molar-refractivity contribution in [2.45, 2.75) is 424 Å². The van der Waals surface area contributed by atoms with Crippen molar-refractivity contribution in [3.63, 3.8) is 0 Å². The number of esters is 1. The molecular weight excluding hydrogens is 983 g/mol. The van der Waals surface area contributed by atoms with Gasteiger partial charge < -0.3 is 20.3 Å². The Morgan fingerprint density at radius 2 is 0.650 bits per heavy atom. The molecule has 80 heavy (non-hydrogen) atoms. The molecule has 0 saturated carbocycles. The summed E-state index contributed by atoms with van der Waals surface area (Å²) in [6.07, 6.45) is 88.1. The zero-order valence-electron chi connectivity index (χ0n) is 54.3. The molecule has 2 unspecified atom stereocenters. The summed E-state index contributed by atoms with van der Waals surface area (Å²) in [5.41, 5.74) is 0. The molecule has 0 fully saturated rings. The van der Waals surface area contributed by atoms with Crippen LogP contribution >= 0.6 is 0 Å². The smallest absolute Gasteiger partial charge is 0.305 e. The van der Waals surface area contributed by atoms with Gasteiger partial charge in [0.25, 0.3) is 0 Å². The van der Waals surface area contributed by atoms with Crippen LogP contribution in [0.5, 0.6) is 0 Å². The van der Waals surface area contributed by atoms with Crippen molar-refractivity contribution in [2.24, 2.45) is 0 Å². The van der Waals surface area contributed by atoms with E-state index in [-0.39, 0.29) is 18.5 Å². The minimum absolute atomic E-state index is 0.00482. The Kier molecular flexibility index (Phi) is 68.4. The van der Waals surface area contributed by atoms with Crippen molar-refractivity contribution in [3.05, 3.63) is 24.3 Å². The summed E-state index contributed by atoms with van der Waals surface area (Å²) in [4.78, 5) is 24.6. The van der Waals surface area contributed by atoms with Gasteiger partial charge in [0.15, 0.2) is 0 Å². The zero-order chi connectivity index (χ0) is 57.8. The molecule has 0 saturated heterocycles. The van der Waals surface area contributed by atoms with Crippen LogP contribution in [0.15, 0.2) is 24.3 Å². The summed E-state index contributed by atoms with van der Waals surface area (Å²) in [6, 6.07) is -0.539. The van der Waals surface area contributed by atoms with Crippen LogP contribution in [0.25, 0.3) is 0 Å². The number of aliphatic hydroxyl groups excluding tert-OH is 2. The highest BCUT2D eigenvalue weighted by Crippen LogP contribution is 2.20. The largest absolute Gasteiger partial charge is 0.466 e. The Labute approximate surface area is 501 Å². The average molecular weight is 1130 g/mol. The van der Waals surface area contributed by atoms with Crippen LogP contribution in [0.2, 0.25) is 0 Å². The first kappa shape index (κ1) is 78.3. The van der Waals surface area contributed by atoms with E-state index in [1.807, 2.05) is 0 Å². The van der Waals surface area contributed by atoms with Crippen LogP contribution < -0.4 is 5.32 Å². The lowest BCUT2D eigenvalue weighted by atomic mass is 10.0. The molecule has 0 aromatic rings. The Morgan fingerprint density at radius 1 is 0.350 bits per heavy atom. The van der Waals surface area contributed by atoms with Gasteiger partial charge in [-0.3, -0.25) is 9.59 Å². The minimum atomic E-state index is -0.663. The second kappa shape index (κ2) is 69.8. The Hall–Kier alpha value is -1.66. The third kappa shape index (κ3) is 65.5. The lowest BCUT2D eigenvalue weighted by Crippen LogP contribution is -2.45. The number of hydrogen-bond acceptors (Lipinski definition) is 5. The topological polar surface area (TPSA) is 95.9 Å². The van der Waals surface area contributed by atoms with E-state index in [4.69, 9.17) is 4.74 Å². The number of hydrogen-bond donors (Lipinski definition) is 3. The average Bonchev–Trinajstić information content (AvgIpc) is 3.46. The maximum atomic E-state index is 12.6. The van der Waals surface area contributed by atoms with Crippen LogP contribution in [0.3, 0.4) is 0 Å². The fourth-order valence-electron chi connectivity index (χ4n) is 11.7. The quantitative estimate of drug-likeness (QED) is 0.0320. The van der Waals surface area contributed by atoms with E-state index in [0.717, 1.165) is 51.4 Å². The van der Waals surface area contributed by atoms with Crippen molar-refractivity contribution in [1.29, 1.82) is 0 Å². The Bertz CT molecular complexity index is 1250. The number of amides is 1. The SMILES string of the molecule is CCC/C=C\C/C=C\CCCCCCCC(=O)OCCCCCCCCCCCCCCCCCCCCCCCCCCCCCCCC(=O)NC(CO)C(O)CCCCCCCCCCCCCCCCCCCCCCC. The van der Waals surface area contributed by atoms with Crippen LogP contribution in [-0.2, 0) is 14.3 Å². The molecular formula is C74H143NO5. The molecule has 0 aromatic carbocycles. The molecule has 0 heterocycles. The molecule has 6 nitrogen and oxygen atoms in total. The molecule has 1 amide bonds. The van der Waals surface area contributed by atoms with E-state index in [9.17, 15) is 19.8 Å². The van der Waals surface area contributed by atoms with Gasteiger partial charge in [-0.2, -0.15) is 0 Å². The molecule has 0 aliphatic carbocycles. The molecule has 474 valence electrons. The molecule has 0 aromatic heterocycles. The lowest BCUT2D eigenvalue weighted by molar-refractivity contribution is -0.143. The summed E-state index contributed by atoms with van der Waals surface area (Å²) < 4.78 is 5.48. The number of allylic oxidation sites excluding steroid dienone is 4. The number of carbonyl (C=O) groups excluding carboxylic acids is 2. The van der Waals surface area contributed by atoms with Crippen molar-refractivity contribution in [1.82, 2.24) is 5.32 Å². The molecule has 0 radical (unpaired) electrons. The van der Waals surface area contributed by atoms with E-state index in [2.05, 4.69) is 43.5 Å². The van der Waals surface area contributed by atoms with Gasteiger partial charge in [-0.25, -0.2) is 0 Å². The fourth-order valence-corrected chi connectivity index (χ4v) is 11.7. The Balaban J connectivity index is 3.34. The summed E-state index contributed by atoms with van der Waals surface area (Å²) >= 11 is 0. The summed E-state index contributed by atoms with van der Waals surface area (Å²) in [5, 5.41) is 23.4. The molecule has 0 aliphatic rings. The van der Waals surface area contributed by atoms with E-state index >= 15 is 0 Å². The van der Waals surface area contributed by atoms with Gasteiger partial charge in [0.2, 0.25) is 5.91 Å². The predicted octanol–water partition coefficient (Wildman–Crippen LogP) is 23.7. The summed E-state index contributed by atoms with van der Waals surface area (Å²) in [7, 11) is 0. The second-order valence-corrected chi connectivity index (χ2v) is 25.3. The van der Waals surface area contributed by atoms with Crippen molar-refractivity contribution in [3.8, 4) is 0 Å². The minimum Gasteiger partial charge on any atom is -0.466 e. The first-order valence-electron chi connectivity index (χ1n) is 36.6. The second-order valence-electron chi connectivity index (χ2n) is 25.3. The number of unbranched alkanes of at least 4 members (excludes halogenated alkanes) is 54. The van der Waals surface area contributed by atoms with Gasteiger partial charge in [0.05, 0.1) is 25.4 Å². The number of carbonyl (C=O) groups is 2. The highest BCUT2D eigenvalue weighted by molar-refractivity contribution is 5.76. The van der Waals surface area contributed by atoms with E-state index in [1.165, 1.54) is 327 Å². The third-order valence-corrected chi connectivity index (χ3v) is 17.2. The maximum absolute atomic E-state index is 12.6. The third-order valence-electron chi connectivity index (χ3n) is 17.2. The van der Waals surface area contributed by atoms with Crippen molar-refractivity contribution in [2.75, 3.05) is 13.2 Å². The maximum Gasteiger partial charge on any atom is 0.305 e. The highest BCUT2D eigenvalue weighted by Gasteiger charge is 2.20. The molecule has 0 aliphatic heterocycles. The van der Waals surface area contributed by atoms with Crippen LogP contribution in [0.4, 0.5) is 0 Å². The summed E-state index contributed by atoms with van der Waals surface area (Å²) in [6.45, 7) is 4.93. The zero-order valence-corrected chi connectivity index (χ0v) is 54.3. The van der Waals surface area contributed by atoms with Crippen LogP contribution in [0.1, 0.15) is 412 Å². The summed E-state index contributed by atoms with van der Waals surface area (Å²) in [5.74, 6) is -0.0219. The lowest BCUT2D eigenvalue weighted by Gasteiger charge is -2.22. The molecule has 0 rings (SSSR count). The first-order valence-corrected chi connectivity index (χ1v) is 36.6. The normalized spacial score (nSPS) is 12.6. The van der Waals surface area contributed by atoms with Gasteiger partial charge in [0, 0.05) is 12.8 Å². The number of rotatable bonds is 69. The van der Waals surface area contributed by atoms with E-state index < -0.39 is 12.1 Å². The first-order chi connectivity index (χ1) is 39.5. The highest BCUT2D eigenvalue weighted by atomic mass is 16.5.